The van der Waals surface area contributed by atoms with E-state index in [2.05, 4.69) is 11.0 Å². The number of rotatable bonds is 5. The van der Waals surface area contributed by atoms with Gasteiger partial charge in [0.1, 0.15) is 11.4 Å². The van der Waals surface area contributed by atoms with Gasteiger partial charge in [-0.05, 0) is 73.4 Å². The SMILES string of the molecule is CCn1c(-c2ccc(OC)cc2)c(-c2ccc(C#N)cc2)cc(N2CCC(N)CC2)c1=O. The maximum Gasteiger partial charge on any atom is 0.274 e. The molecule has 1 fully saturated rings. The highest BCUT2D eigenvalue weighted by molar-refractivity contribution is 5.84. The van der Waals surface area contributed by atoms with Crippen LogP contribution in [0.2, 0.25) is 0 Å². The van der Waals surface area contributed by atoms with E-state index in [4.69, 9.17) is 10.5 Å². The molecule has 1 aliphatic heterocycles. The fourth-order valence-electron chi connectivity index (χ4n) is 4.33. The molecule has 2 N–H and O–H groups in total. The van der Waals surface area contributed by atoms with E-state index in [0.717, 1.165) is 54.1 Å². The number of aromatic nitrogens is 1. The van der Waals surface area contributed by atoms with Gasteiger partial charge >= 0.3 is 0 Å². The second-order valence-electron chi connectivity index (χ2n) is 8.08. The van der Waals surface area contributed by atoms with Gasteiger partial charge in [-0.15, -0.1) is 0 Å². The van der Waals surface area contributed by atoms with E-state index in [0.29, 0.717) is 17.8 Å². The number of hydrogen-bond donors (Lipinski definition) is 1. The highest BCUT2D eigenvalue weighted by Gasteiger charge is 2.23. The third-order valence-corrected chi connectivity index (χ3v) is 6.16. The number of ether oxygens (including phenoxy) is 1. The van der Waals surface area contributed by atoms with Crippen molar-refractivity contribution in [3.05, 3.63) is 70.5 Å². The summed E-state index contributed by atoms with van der Waals surface area (Å²) in [4.78, 5) is 15.8. The van der Waals surface area contributed by atoms with Gasteiger partial charge < -0.3 is 19.9 Å². The zero-order chi connectivity index (χ0) is 22.7. The summed E-state index contributed by atoms with van der Waals surface area (Å²) in [5, 5.41) is 9.21. The van der Waals surface area contributed by atoms with Crippen molar-refractivity contribution in [1.29, 1.82) is 5.26 Å². The van der Waals surface area contributed by atoms with Crippen molar-refractivity contribution in [3.8, 4) is 34.2 Å². The summed E-state index contributed by atoms with van der Waals surface area (Å²) in [6.07, 6.45) is 1.75. The Balaban J connectivity index is 1.94. The second-order valence-corrected chi connectivity index (χ2v) is 8.08. The van der Waals surface area contributed by atoms with Gasteiger partial charge in [-0.3, -0.25) is 4.79 Å². The molecule has 0 unspecified atom stereocenters. The van der Waals surface area contributed by atoms with Crippen LogP contribution in [0.3, 0.4) is 0 Å². The molecule has 0 atom stereocenters. The quantitative estimate of drug-likeness (QED) is 0.664. The smallest absolute Gasteiger partial charge is 0.274 e. The minimum Gasteiger partial charge on any atom is -0.497 e. The maximum absolute atomic E-state index is 13.6. The Labute approximate surface area is 188 Å². The molecule has 1 saturated heterocycles. The molecule has 1 aromatic heterocycles. The largest absolute Gasteiger partial charge is 0.497 e. The van der Waals surface area contributed by atoms with Gasteiger partial charge in [-0.25, -0.2) is 0 Å². The van der Waals surface area contributed by atoms with Crippen molar-refractivity contribution < 1.29 is 4.74 Å². The molecule has 0 aliphatic carbocycles. The van der Waals surface area contributed by atoms with Crippen LogP contribution in [0, 0.1) is 11.3 Å². The van der Waals surface area contributed by atoms with Crippen LogP contribution in [-0.2, 0) is 6.54 Å². The minimum absolute atomic E-state index is 0.00573. The number of nitrogens with zero attached hydrogens (tertiary/aromatic N) is 3. The summed E-state index contributed by atoms with van der Waals surface area (Å²) in [6, 6.07) is 19.7. The predicted octanol–water partition coefficient (Wildman–Crippen LogP) is 4.01. The number of hydrogen-bond acceptors (Lipinski definition) is 5. The van der Waals surface area contributed by atoms with Crippen molar-refractivity contribution in [2.45, 2.75) is 32.4 Å². The first-order chi connectivity index (χ1) is 15.5. The van der Waals surface area contributed by atoms with Gasteiger partial charge in [0.25, 0.3) is 5.56 Å². The van der Waals surface area contributed by atoms with Gasteiger partial charge in [0.05, 0.1) is 24.4 Å². The van der Waals surface area contributed by atoms with E-state index >= 15 is 0 Å². The average Bonchev–Trinajstić information content (AvgIpc) is 2.84. The first-order valence-corrected chi connectivity index (χ1v) is 11.0. The lowest BCUT2D eigenvalue weighted by atomic mass is 9.96. The van der Waals surface area contributed by atoms with Gasteiger partial charge in [0.2, 0.25) is 0 Å². The summed E-state index contributed by atoms with van der Waals surface area (Å²) < 4.78 is 7.16. The molecule has 6 nitrogen and oxygen atoms in total. The van der Waals surface area contributed by atoms with Gasteiger partial charge in [0, 0.05) is 31.2 Å². The first kappa shape index (κ1) is 21.7. The van der Waals surface area contributed by atoms with Crippen LogP contribution >= 0.6 is 0 Å². The van der Waals surface area contributed by atoms with Crippen LogP contribution in [-0.4, -0.2) is 30.8 Å². The molecule has 2 heterocycles. The average molecular weight is 429 g/mol. The molecular formula is C26H28N4O2. The topological polar surface area (TPSA) is 84.3 Å². The van der Waals surface area contributed by atoms with Gasteiger partial charge in [-0.1, -0.05) is 12.1 Å². The van der Waals surface area contributed by atoms with E-state index in [1.807, 2.05) is 66.1 Å². The third-order valence-electron chi connectivity index (χ3n) is 6.16. The van der Waals surface area contributed by atoms with E-state index in [9.17, 15) is 10.1 Å². The Morgan fingerprint density at radius 3 is 2.25 bits per heavy atom. The zero-order valence-electron chi connectivity index (χ0n) is 18.5. The fraction of sp³-hybridized carbons (Fsp3) is 0.308. The lowest BCUT2D eigenvalue weighted by Gasteiger charge is -2.32. The molecule has 0 radical (unpaired) electrons. The summed E-state index contributed by atoms with van der Waals surface area (Å²) in [5.74, 6) is 0.764. The van der Waals surface area contributed by atoms with Crippen LogP contribution in [0.25, 0.3) is 22.4 Å². The zero-order valence-corrected chi connectivity index (χ0v) is 18.5. The van der Waals surface area contributed by atoms with E-state index in [1.165, 1.54) is 0 Å². The number of methoxy groups -OCH3 is 1. The van der Waals surface area contributed by atoms with E-state index in [-0.39, 0.29) is 11.6 Å². The van der Waals surface area contributed by atoms with Gasteiger partial charge in [-0.2, -0.15) is 5.26 Å². The Morgan fingerprint density at radius 2 is 1.69 bits per heavy atom. The summed E-state index contributed by atoms with van der Waals surface area (Å²) in [6.45, 7) is 4.08. The van der Waals surface area contributed by atoms with Crippen molar-refractivity contribution in [1.82, 2.24) is 4.57 Å². The standard InChI is InChI=1S/C26H28N4O2/c1-3-30-25(20-8-10-22(32-2)11-9-20)23(19-6-4-18(17-27)5-7-19)16-24(26(30)31)29-14-12-21(28)13-15-29/h4-11,16,21H,3,12-15,28H2,1-2H3. The molecule has 0 bridgehead atoms. The molecule has 2 aromatic carbocycles. The molecule has 6 heteroatoms. The third kappa shape index (κ3) is 4.12. The number of nitrogens with two attached hydrogens (primary N) is 1. The van der Waals surface area contributed by atoms with E-state index in [1.54, 1.807) is 7.11 Å². The van der Waals surface area contributed by atoms with Crippen LogP contribution < -0.4 is 20.9 Å². The van der Waals surface area contributed by atoms with Crippen LogP contribution in [0.5, 0.6) is 5.75 Å². The molecule has 0 saturated carbocycles. The normalized spacial score (nSPS) is 14.2. The predicted molar refractivity (Wildman–Crippen MR) is 128 cm³/mol. The van der Waals surface area contributed by atoms with Crippen LogP contribution in [0.1, 0.15) is 25.3 Å². The monoisotopic (exact) mass is 428 g/mol. The Hall–Kier alpha value is -3.56. The summed E-state index contributed by atoms with van der Waals surface area (Å²) in [5.41, 5.74) is 11.1. The van der Waals surface area contributed by atoms with Crippen LogP contribution in [0.4, 0.5) is 5.69 Å². The molecule has 164 valence electrons. The molecule has 0 spiro atoms. The minimum atomic E-state index is 0.00573. The fourth-order valence-corrected chi connectivity index (χ4v) is 4.33. The number of piperidine rings is 1. The summed E-state index contributed by atoms with van der Waals surface area (Å²) >= 11 is 0. The lowest BCUT2D eigenvalue weighted by molar-refractivity contribution is 0.415. The van der Waals surface area contributed by atoms with Crippen molar-refractivity contribution >= 4 is 5.69 Å². The number of nitriles is 1. The van der Waals surface area contributed by atoms with E-state index < -0.39 is 0 Å². The molecule has 3 aromatic rings. The molecule has 4 rings (SSSR count). The molecular weight excluding hydrogens is 400 g/mol. The summed E-state index contributed by atoms with van der Waals surface area (Å²) in [7, 11) is 1.64. The Kier molecular flexibility index (Phi) is 6.29. The Bertz CT molecular complexity index is 1180. The Morgan fingerprint density at radius 1 is 1.06 bits per heavy atom. The highest BCUT2D eigenvalue weighted by Crippen LogP contribution is 2.35. The number of benzene rings is 2. The second kappa shape index (κ2) is 9.29. The van der Waals surface area contributed by atoms with Crippen molar-refractivity contribution in [2.24, 2.45) is 5.73 Å². The first-order valence-electron chi connectivity index (χ1n) is 11.0. The number of pyridine rings is 1. The maximum atomic E-state index is 13.6. The molecule has 0 amide bonds. The number of anilines is 1. The van der Waals surface area contributed by atoms with Gasteiger partial charge in [0.15, 0.2) is 0 Å². The lowest BCUT2D eigenvalue weighted by Crippen LogP contribution is -2.42. The van der Waals surface area contributed by atoms with Crippen molar-refractivity contribution in [3.63, 3.8) is 0 Å². The highest BCUT2D eigenvalue weighted by atomic mass is 16.5. The van der Waals surface area contributed by atoms with Crippen molar-refractivity contribution in [2.75, 3.05) is 25.1 Å². The van der Waals surface area contributed by atoms with Crippen LogP contribution in [0.15, 0.2) is 59.4 Å². The molecule has 1 aliphatic rings. The molecule has 32 heavy (non-hydrogen) atoms.